The van der Waals surface area contributed by atoms with Crippen LogP contribution in [0.15, 0.2) is 59.5 Å². The normalized spacial score (nSPS) is 12.5. The number of imidazole rings is 1. The maximum absolute atomic E-state index is 13.4. The van der Waals surface area contributed by atoms with Gasteiger partial charge in [-0.15, -0.1) is 11.8 Å². The first-order valence-corrected chi connectivity index (χ1v) is 8.67. The predicted molar refractivity (Wildman–Crippen MR) is 92.7 cm³/mol. The van der Waals surface area contributed by atoms with E-state index in [2.05, 4.69) is 4.98 Å². The highest BCUT2D eigenvalue weighted by Crippen LogP contribution is 2.28. The van der Waals surface area contributed by atoms with Gasteiger partial charge in [0.1, 0.15) is 0 Å². The lowest BCUT2D eigenvalue weighted by Crippen LogP contribution is -2.15. The first-order valence-electron chi connectivity index (χ1n) is 7.68. The van der Waals surface area contributed by atoms with Crippen LogP contribution in [0.1, 0.15) is 25.4 Å². The molecule has 0 fully saturated rings. The molecule has 2 aromatic carbocycles. The fourth-order valence-corrected chi connectivity index (χ4v) is 3.20. The molecular weight excluding hydrogens is 346 g/mol. The van der Waals surface area contributed by atoms with Gasteiger partial charge in [0.15, 0.2) is 11.9 Å². The molecule has 1 atom stereocenters. The largest absolute Gasteiger partial charge is 0.454 e. The summed E-state index contributed by atoms with van der Waals surface area (Å²) in [7, 11) is 0. The Hall–Kier alpha value is -2.41. The second-order valence-corrected chi connectivity index (χ2v) is 6.39. The van der Waals surface area contributed by atoms with E-state index in [-0.39, 0.29) is 11.6 Å². The summed E-state index contributed by atoms with van der Waals surface area (Å²) in [5.41, 5.74) is 0.758. The van der Waals surface area contributed by atoms with Crippen LogP contribution in [0.2, 0.25) is 0 Å². The molecule has 0 aliphatic rings. The predicted octanol–water partition coefficient (Wildman–Crippen LogP) is 4.83. The summed E-state index contributed by atoms with van der Waals surface area (Å²) < 4.78 is 33.0. The number of para-hydroxylation sites is 2. The molecule has 0 spiro atoms. The average Bonchev–Trinajstić information content (AvgIpc) is 3.01. The Bertz CT molecular complexity index is 868. The van der Waals surface area contributed by atoms with Gasteiger partial charge in [0.05, 0.1) is 16.8 Å². The number of rotatable bonds is 6. The molecule has 0 bridgehead atoms. The summed E-state index contributed by atoms with van der Waals surface area (Å²) in [6.07, 6.45) is -0.870. The van der Waals surface area contributed by atoms with Crippen LogP contribution in [-0.4, -0.2) is 21.3 Å². The molecule has 3 aromatic rings. The van der Waals surface area contributed by atoms with E-state index in [1.54, 1.807) is 31.2 Å². The molecule has 0 saturated heterocycles. The van der Waals surface area contributed by atoms with Crippen LogP contribution in [0, 0.1) is 0 Å². The van der Waals surface area contributed by atoms with Gasteiger partial charge in [-0.1, -0.05) is 30.3 Å². The number of fused-ring (bicyclic) bond motifs is 1. The lowest BCUT2D eigenvalue weighted by molar-refractivity contribution is -0.146. The van der Waals surface area contributed by atoms with E-state index >= 15 is 0 Å². The number of thioether (sulfide) groups is 1. The molecule has 7 heteroatoms. The third kappa shape index (κ3) is 3.99. The molecule has 3 rings (SSSR count). The van der Waals surface area contributed by atoms with Gasteiger partial charge in [0.2, 0.25) is 0 Å². The zero-order valence-corrected chi connectivity index (χ0v) is 14.2. The maximum Gasteiger partial charge on any atom is 0.320 e. The SMILES string of the molecule is CC(OC(=O)CSc1ccccc1)c1nc2ccccc2n1C(F)F. The lowest BCUT2D eigenvalue weighted by Gasteiger charge is -2.15. The molecule has 0 N–H and O–H groups in total. The Morgan fingerprint density at radius 1 is 1.16 bits per heavy atom. The molecule has 1 heterocycles. The molecule has 25 heavy (non-hydrogen) atoms. The third-order valence-corrected chi connectivity index (χ3v) is 4.58. The fourth-order valence-electron chi connectivity index (χ4n) is 2.50. The van der Waals surface area contributed by atoms with Gasteiger partial charge in [-0.05, 0) is 31.2 Å². The molecule has 0 radical (unpaired) electrons. The lowest BCUT2D eigenvalue weighted by atomic mass is 10.3. The second-order valence-electron chi connectivity index (χ2n) is 5.34. The average molecular weight is 362 g/mol. The van der Waals surface area contributed by atoms with Crippen molar-refractivity contribution in [3.05, 3.63) is 60.4 Å². The number of ether oxygens (including phenoxy) is 1. The smallest absolute Gasteiger partial charge is 0.320 e. The molecular formula is C18H16F2N2O2S. The Kier molecular flexibility index (Phi) is 5.33. The number of esters is 1. The van der Waals surface area contributed by atoms with E-state index in [9.17, 15) is 13.6 Å². The van der Waals surface area contributed by atoms with Crippen molar-refractivity contribution in [2.75, 3.05) is 5.75 Å². The zero-order valence-electron chi connectivity index (χ0n) is 13.4. The van der Waals surface area contributed by atoms with Gasteiger partial charge in [0.25, 0.3) is 0 Å². The van der Waals surface area contributed by atoms with E-state index in [1.807, 2.05) is 30.3 Å². The van der Waals surface area contributed by atoms with Crippen molar-refractivity contribution in [3.8, 4) is 0 Å². The molecule has 1 aromatic heterocycles. The minimum absolute atomic E-state index is 0.0364. The van der Waals surface area contributed by atoms with E-state index in [1.165, 1.54) is 11.8 Å². The number of nitrogens with zero attached hydrogens (tertiary/aromatic N) is 2. The number of aromatic nitrogens is 2. The van der Waals surface area contributed by atoms with Crippen LogP contribution in [-0.2, 0) is 9.53 Å². The van der Waals surface area contributed by atoms with Crippen LogP contribution in [0.3, 0.4) is 0 Å². The summed E-state index contributed by atoms with van der Waals surface area (Å²) in [6, 6.07) is 16.0. The van der Waals surface area contributed by atoms with Crippen molar-refractivity contribution < 1.29 is 18.3 Å². The first kappa shape index (κ1) is 17.4. The molecule has 1 unspecified atom stereocenters. The quantitative estimate of drug-likeness (QED) is 0.465. The Balaban J connectivity index is 1.72. The highest BCUT2D eigenvalue weighted by atomic mass is 32.2. The van der Waals surface area contributed by atoms with Crippen molar-refractivity contribution in [3.63, 3.8) is 0 Å². The van der Waals surface area contributed by atoms with Gasteiger partial charge in [-0.25, -0.2) is 4.98 Å². The van der Waals surface area contributed by atoms with Crippen molar-refractivity contribution >= 4 is 28.8 Å². The van der Waals surface area contributed by atoms with Crippen LogP contribution in [0.25, 0.3) is 11.0 Å². The second kappa shape index (κ2) is 7.65. The number of hydrogen-bond acceptors (Lipinski definition) is 4. The number of carbonyl (C=O) groups is 1. The van der Waals surface area contributed by atoms with Crippen molar-refractivity contribution in [1.82, 2.24) is 9.55 Å². The van der Waals surface area contributed by atoms with E-state index < -0.39 is 18.6 Å². The summed E-state index contributed by atoms with van der Waals surface area (Å²) in [5.74, 6) is -0.341. The van der Waals surface area contributed by atoms with E-state index in [0.29, 0.717) is 11.0 Å². The van der Waals surface area contributed by atoms with Gasteiger partial charge in [0, 0.05) is 4.90 Å². The van der Waals surface area contributed by atoms with Crippen molar-refractivity contribution in [1.29, 1.82) is 0 Å². The zero-order chi connectivity index (χ0) is 17.8. The highest BCUT2D eigenvalue weighted by molar-refractivity contribution is 8.00. The van der Waals surface area contributed by atoms with E-state index in [0.717, 1.165) is 9.46 Å². The van der Waals surface area contributed by atoms with Crippen LogP contribution in [0.4, 0.5) is 8.78 Å². The highest BCUT2D eigenvalue weighted by Gasteiger charge is 2.24. The van der Waals surface area contributed by atoms with Gasteiger partial charge >= 0.3 is 12.5 Å². The number of alkyl halides is 2. The molecule has 0 saturated carbocycles. The van der Waals surface area contributed by atoms with Crippen LogP contribution < -0.4 is 0 Å². The summed E-state index contributed by atoms with van der Waals surface area (Å²) in [6.45, 7) is -1.22. The van der Waals surface area contributed by atoms with Gasteiger partial charge in [-0.2, -0.15) is 8.78 Å². The van der Waals surface area contributed by atoms with Crippen molar-refractivity contribution in [2.45, 2.75) is 24.5 Å². The van der Waals surface area contributed by atoms with Crippen molar-refractivity contribution in [2.24, 2.45) is 0 Å². The molecule has 130 valence electrons. The van der Waals surface area contributed by atoms with Gasteiger partial charge in [-0.3, -0.25) is 9.36 Å². The summed E-state index contributed by atoms with van der Waals surface area (Å²) in [4.78, 5) is 17.2. The number of halogens is 2. The number of hydrogen-bond donors (Lipinski definition) is 0. The Labute approximate surface area is 147 Å². The standard InChI is InChI=1S/C18H16F2N2O2S/c1-12(24-16(23)11-25-13-7-3-2-4-8-13)17-21-14-9-5-6-10-15(14)22(17)18(19)20/h2-10,12,18H,11H2,1H3. The molecule has 0 amide bonds. The van der Waals surface area contributed by atoms with Crippen LogP contribution in [0.5, 0.6) is 0 Å². The first-order chi connectivity index (χ1) is 12.1. The van der Waals surface area contributed by atoms with Gasteiger partial charge < -0.3 is 4.74 Å². The third-order valence-electron chi connectivity index (χ3n) is 3.59. The van der Waals surface area contributed by atoms with Crippen LogP contribution >= 0.6 is 11.8 Å². The van der Waals surface area contributed by atoms with E-state index in [4.69, 9.17) is 4.74 Å². The monoisotopic (exact) mass is 362 g/mol. The topological polar surface area (TPSA) is 44.1 Å². The maximum atomic E-state index is 13.4. The molecule has 0 aliphatic carbocycles. The summed E-state index contributed by atoms with van der Waals surface area (Å²) >= 11 is 1.33. The molecule has 0 aliphatic heterocycles. The Morgan fingerprint density at radius 3 is 2.56 bits per heavy atom. The summed E-state index contributed by atoms with van der Waals surface area (Å²) in [5, 5.41) is 0. The minimum atomic E-state index is -2.76. The Morgan fingerprint density at radius 2 is 1.84 bits per heavy atom. The number of carbonyl (C=O) groups excluding carboxylic acids is 1. The fraction of sp³-hybridized carbons (Fsp3) is 0.222. The minimum Gasteiger partial charge on any atom is -0.454 e. The molecule has 4 nitrogen and oxygen atoms in total. The number of benzene rings is 2.